The lowest BCUT2D eigenvalue weighted by Crippen LogP contribution is -2.34. The second kappa shape index (κ2) is 8.85. The molecule has 1 unspecified atom stereocenters. The highest BCUT2D eigenvalue weighted by molar-refractivity contribution is 5.87. The van der Waals surface area contributed by atoms with Gasteiger partial charge in [-0.05, 0) is 52.8 Å². The van der Waals surface area contributed by atoms with Gasteiger partial charge < -0.3 is 29.1 Å². The van der Waals surface area contributed by atoms with Gasteiger partial charge in [0.2, 0.25) is 5.89 Å². The lowest BCUT2D eigenvalue weighted by atomic mass is 10.2. The Morgan fingerprint density at radius 3 is 2.52 bits per heavy atom. The second-order valence-corrected chi connectivity index (χ2v) is 7.20. The number of oxazole rings is 1. The third kappa shape index (κ3) is 5.63. The summed E-state index contributed by atoms with van der Waals surface area (Å²) < 4.78 is 21.7. The van der Waals surface area contributed by atoms with Crippen LogP contribution in [0.3, 0.4) is 0 Å². The lowest BCUT2D eigenvalue weighted by molar-refractivity contribution is 0.0498. The molecule has 2 N–H and O–H groups in total. The summed E-state index contributed by atoms with van der Waals surface area (Å²) in [4.78, 5) is 27.7. The van der Waals surface area contributed by atoms with Crippen LogP contribution in [0.1, 0.15) is 56.9 Å². The molecule has 1 heterocycles. The zero-order valence-corrected chi connectivity index (χ0v) is 17.4. The summed E-state index contributed by atoms with van der Waals surface area (Å²) in [6.45, 7) is 9.03. The molecule has 0 saturated carbocycles. The molecule has 1 amide bonds. The van der Waals surface area contributed by atoms with E-state index in [1.54, 1.807) is 45.9 Å². The molecule has 158 valence electrons. The molecule has 2 rings (SSSR count). The number of aromatic carboxylic acids is 1. The number of nitrogens with one attached hydrogen (secondary N) is 1. The van der Waals surface area contributed by atoms with Crippen molar-refractivity contribution in [3.05, 3.63) is 29.7 Å². The SMILES string of the molecule is CCOc1cc(-c2nc(C(=O)O)c(C(C)NC(=O)OC(C)(C)C)o2)ccc1OC. The number of amides is 1. The number of benzene rings is 1. The molecule has 0 aliphatic rings. The number of carboxylic acid groups (broad SMARTS) is 1. The highest BCUT2D eigenvalue weighted by Gasteiger charge is 2.27. The minimum atomic E-state index is -1.27. The lowest BCUT2D eigenvalue weighted by Gasteiger charge is -2.21. The van der Waals surface area contributed by atoms with Crippen molar-refractivity contribution in [2.24, 2.45) is 0 Å². The summed E-state index contributed by atoms with van der Waals surface area (Å²) in [5.41, 5.74) is -0.477. The maximum absolute atomic E-state index is 12.0. The van der Waals surface area contributed by atoms with Gasteiger partial charge in [0.05, 0.1) is 19.8 Å². The number of rotatable bonds is 7. The van der Waals surface area contributed by atoms with Crippen molar-refractivity contribution in [2.75, 3.05) is 13.7 Å². The summed E-state index contributed by atoms with van der Waals surface area (Å²) in [6, 6.07) is 4.22. The Bertz CT molecular complexity index is 883. The number of nitrogens with zero attached hydrogens (tertiary/aromatic N) is 1. The predicted molar refractivity (Wildman–Crippen MR) is 104 cm³/mol. The minimum Gasteiger partial charge on any atom is -0.493 e. The van der Waals surface area contributed by atoms with Crippen molar-refractivity contribution in [3.8, 4) is 23.0 Å². The van der Waals surface area contributed by atoms with Gasteiger partial charge in [-0.1, -0.05) is 0 Å². The Balaban J connectivity index is 2.36. The van der Waals surface area contributed by atoms with Gasteiger partial charge in [-0.2, -0.15) is 0 Å². The van der Waals surface area contributed by atoms with E-state index in [0.29, 0.717) is 23.7 Å². The normalized spacial score (nSPS) is 12.2. The molecule has 0 fully saturated rings. The Kier molecular flexibility index (Phi) is 6.73. The smallest absolute Gasteiger partial charge is 0.408 e. The first-order valence-electron chi connectivity index (χ1n) is 9.10. The molecule has 2 aromatic rings. The van der Waals surface area contributed by atoms with Crippen LogP contribution in [0.5, 0.6) is 11.5 Å². The molecule has 0 aliphatic carbocycles. The quantitative estimate of drug-likeness (QED) is 0.707. The first-order chi connectivity index (χ1) is 13.6. The molecular formula is C20H26N2O7. The fraction of sp³-hybridized carbons (Fsp3) is 0.450. The summed E-state index contributed by atoms with van der Waals surface area (Å²) in [7, 11) is 1.52. The minimum absolute atomic E-state index is 0.00661. The largest absolute Gasteiger partial charge is 0.493 e. The van der Waals surface area contributed by atoms with Crippen molar-refractivity contribution in [2.45, 2.75) is 46.3 Å². The van der Waals surface area contributed by atoms with E-state index in [-0.39, 0.29) is 17.3 Å². The summed E-state index contributed by atoms with van der Waals surface area (Å²) >= 11 is 0. The van der Waals surface area contributed by atoms with E-state index in [4.69, 9.17) is 18.6 Å². The van der Waals surface area contributed by atoms with E-state index in [1.807, 2.05) is 6.92 Å². The molecular weight excluding hydrogens is 380 g/mol. The van der Waals surface area contributed by atoms with Crippen molar-refractivity contribution in [3.63, 3.8) is 0 Å². The number of aromatic nitrogens is 1. The number of carbonyl (C=O) groups excluding carboxylic acids is 1. The van der Waals surface area contributed by atoms with E-state index in [1.165, 1.54) is 7.11 Å². The van der Waals surface area contributed by atoms with Crippen molar-refractivity contribution in [1.29, 1.82) is 0 Å². The fourth-order valence-electron chi connectivity index (χ4n) is 2.53. The predicted octanol–water partition coefficient (Wildman–Crippen LogP) is 4.03. The van der Waals surface area contributed by atoms with Gasteiger partial charge >= 0.3 is 12.1 Å². The number of alkyl carbamates (subject to hydrolysis) is 1. The fourth-order valence-corrected chi connectivity index (χ4v) is 2.53. The van der Waals surface area contributed by atoms with E-state index < -0.39 is 23.7 Å². The van der Waals surface area contributed by atoms with Crippen molar-refractivity contribution >= 4 is 12.1 Å². The summed E-state index contributed by atoms with van der Waals surface area (Å²) in [6.07, 6.45) is -0.692. The molecule has 0 radical (unpaired) electrons. The van der Waals surface area contributed by atoms with Gasteiger partial charge in [0, 0.05) is 5.56 Å². The van der Waals surface area contributed by atoms with Crippen LogP contribution in [0, 0.1) is 0 Å². The Morgan fingerprint density at radius 1 is 1.28 bits per heavy atom. The highest BCUT2D eigenvalue weighted by atomic mass is 16.6. The number of ether oxygens (including phenoxy) is 3. The third-order valence-electron chi connectivity index (χ3n) is 3.69. The van der Waals surface area contributed by atoms with Gasteiger partial charge in [0.15, 0.2) is 23.0 Å². The standard InChI is InChI=1S/C20H26N2O7/c1-7-27-14-10-12(8-9-13(14)26-6)17-22-15(18(23)24)16(28-17)11(2)21-19(25)29-20(3,4)5/h8-11H,7H2,1-6H3,(H,21,25)(H,23,24). The van der Waals surface area contributed by atoms with E-state index in [9.17, 15) is 14.7 Å². The molecule has 0 spiro atoms. The zero-order valence-electron chi connectivity index (χ0n) is 17.4. The molecule has 0 saturated heterocycles. The summed E-state index contributed by atoms with van der Waals surface area (Å²) in [5.74, 6) is -0.179. The number of hydrogen-bond acceptors (Lipinski definition) is 7. The van der Waals surface area contributed by atoms with E-state index >= 15 is 0 Å². The van der Waals surface area contributed by atoms with Crippen LogP contribution in [0.15, 0.2) is 22.6 Å². The molecule has 1 aromatic carbocycles. The van der Waals surface area contributed by atoms with Crippen LogP contribution < -0.4 is 14.8 Å². The van der Waals surface area contributed by atoms with Crippen molar-refractivity contribution < 1.29 is 33.3 Å². The Hall–Kier alpha value is -3.23. The van der Waals surface area contributed by atoms with Crippen LogP contribution in [0.2, 0.25) is 0 Å². The Morgan fingerprint density at radius 2 is 1.97 bits per heavy atom. The van der Waals surface area contributed by atoms with Gasteiger partial charge in [0.25, 0.3) is 0 Å². The molecule has 1 atom stereocenters. The van der Waals surface area contributed by atoms with E-state index in [0.717, 1.165) is 0 Å². The van der Waals surface area contributed by atoms with Crippen LogP contribution in [0.4, 0.5) is 4.79 Å². The monoisotopic (exact) mass is 406 g/mol. The average Bonchev–Trinajstić information content (AvgIpc) is 3.06. The highest BCUT2D eigenvalue weighted by Crippen LogP contribution is 2.34. The van der Waals surface area contributed by atoms with Gasteiger partial charge in [0.1, 0.15) is 5.60 Å². The topological polar surface area (TPSA) is 120 Å². The van der Waals surface area contributed by atoms with Crippen LogP contribution >= 0.6 is 0 Å². The molecule has 29 heavy (non-hydrogen) atoms. The zero-order chi connectivity index (χ0) is 21.8. The molecule has 9 nitrogen and oxygen atoms in total. The maximum atomic E-state index is 12.0. The number of carbonyl (C=O) groups is 2. The Labute approximate surface area is 169 Å². The molecule has 1 aromatic heterocycles. The number of methoxy groups -OCH3 is 1. The molecule has 0 aliphatic heterocycles. The number of hydrogen-bond donors (Lipinski definition) is 2. The first kappa shape index (κ1) is 22.1. The van der Waals surface area contributed by atoms with Gasteiger partial charge in [-0.3, -0.25) is 0 Å². The third-order valence-corrected chi connectivity index (χ3v) is 3.69. The van der Waals surface area contributed by atoms with Crippen LogP contribution in [-0.2, 0) is 4.74 Å². The number of carboxylic acids is 1. The second-order valence-electron chi connectivity index (χ2n) is 7.20. The van der Waals surface area contributed by atoms with Gasteiger partial charge in [-0.25, -0.2) is 14.6 Å². The van der Waals surface area contributed by atoms with Gasteiger partial charge in [-0.15, -0.1) is 0 Å². The summed E-state index contributed by atoms with van der Waals surface area (Å²) in [5, 5.41) is 12.1. The molecule has 0 bridgehead atoms. The van der Waals surface area contributed by atoms with Crippen LogP contribution in [0.25, 0.3) is 11.5 Å². The van der Waals surface area contributed by atoms with E-state index in [2.05, 4.69) is 10.3 Å². The average molecular weight is 406 g/mol. The van der Waals surface area contributed by atoms with Crippen molar-refractivity contribution in [1.82, 2.24) is 10.3 Å². The maximum Gasteiger partial charge on any atom is 0.408 e. The molecule has 9 heteroatoms. The van der Waals surface area contributed by atoms with Crippen LogP contribution in [-0.4, -0.2) is 41.5 Å². The first-order valence-corrected chi connectivity index (χ1v) is 9.10.